The van der Waals surface area contributed by atoms with Gasteiger partial charge in [0.1, 0.15) is 5.75 Å². The van der Waals surface area contributed by atoms with Crippen molar-refractivity contribution in [3.8, 4) is 5.75 Å². The number of ether oxygens (including phenoxy) is 1. The van der Waals surface area contributed by atoms with Gasteiger partial charge < -0.3 is 14.7 Å². The van der Waals surface area contributed by atoms with E-state index in [-0.39, 0.29) is 5.92 Å². The summed E-state index contributed by atoms with van der Waals surface area (Å²) in [5.74, 6) is 0.934. The highest BCUT2D eigenvalue weighted by atomic mass is 16.5. The molecular formula is C17H25NO2. The van der Waals surface area contributed by atoms with Gasteiger partial charge in [-0.2, -0.15) is 0 Å². The molecule has 0 spiro atoms. The Kier molecular flexibility index (Phi) is 4.84. The minimum absolute atomic E-state index is 0.0833. The second kappa shape index (κ2) is 6.42. The number of allylic oxidation sites excluding steroid dienone is 1. The second-order valence-electron chi connectivity index (χ2n) is 5.87. The molecule has 0 aromatic heterocycles. The summed E-state index contributed by atoms with van der Waals surface area (Å²) in [5, 5.41) is 11.0. The maximum atomic E-state index is 11.0. The van der Waals surface area contributed by atoms with Crippen LogP contribution < -0.4 is 4.74 Å². The first-order valence-corrected chi connectivity index (χ1v) is 7.24. The standard InChI is InChI=1S/C17H25NO2/c1-18(2)13-16(17(19)11-5-4-6-12-17)14-7-9-15(20-3)10-8-14/h5,7-11,16,19H,4,6,12-13H2,1-3H3. The van der Waals surface area contributed by atoms with E-state index in [0.29, 0.717) is 0 Å². The van der Waals surface area contributed by atoms with Crippen LogP contribution in [-0.2, 0) is 0 Å². The Labute approximate surface area is 121 Å². The van der Waals surface area contributed by atoms with Gasteiger partial charge in [0.05, 0.1) is 12.7 Å². The Morgan fingerprint density at radius 1 is 1.30 bits per heavy atom. The molecule has 0 heterocycles. The molecule has 0 aliphatic heterocycles. The van der Waals surface area contributed by atoms with Crippen molar-refractivity contribution < 1.29 is 9.84 Å². The van der Waals surface area contributed by atoms with Crippen LogP contribution >= 0.6 is 0 Å². The van der Waals surface area contributed by atoms with Crippen LogP contribution in [0.1, 0.15) is 30.7 Å². The molecule has 1 aromatic carbocycles. The largest absolute Gasteiger partial charge is 0.497 e. The topological polar surface area (TPSA) is 32.7 Å². The third-order valence-electron chi connectivity index (χ3n) is 4.02. The number of rotatable bonds is 5. The van der Waals surface area contributed by atoms with E-state index in [1.54, 1.807) is 7.11 Å². The van der Waals surface area contributed by atoms with E-state index < -0.39 is 5.60 Å². The zero-order valence-corrected chi connectivity index (χ0v) is 12.7. The fourth-order valence-electron chi connectivity index (χ4n) is 2.92. The van der Waals surface area contributed by atoms with E-state index in [1.807, 2.05) is 32.3 Å². The molecule has 2 atom stereocenters. The lowest BCUT2D eigenvalue weighted by atomic mass is 9.76. The Bertz CT molecular complexity index is 453. The third kappa shape index (κ3) is 3.41. The summed E-state index contributed by atoms with van der Waals surface area (Å²) in [5.41, 5.74) is 0.422. The highest BCUT2D eigenvalue weighted by Gasteiger charge is 2.36. The normalized spacial score (nSPS) is 23.9. The monoisotopic (exact) mass is 275 g/mol. The van der Waals surface area contributed by atoms with Crippen molar-refractivity contribution in [1.82, 2.24) is 4.90 Å². The minimum Gasteiger partial charge on any atom is -0.497 e. The van der Waals surface area contributed by atoms with Crippen LogP contribution in [0.4, 0.5) is 0 Å². The van der Waals surface area contributed by atoms with Crippen LogP contribution in [-0.4, -0.2) is 43.4 Å². The van der Waals surface area contributed by atoms with Crippen molar-refractivity contribution in [3.63, 3.8) is 0 Å². The van der Waals surface area contributed by atoms with Gasteiger partial charge in [0, 0.05) is 12.5 Å². The lowest BCUT2D eigenvalue weighted by Crippen LogP contribution is -2.40. The highest BCUT2D eigenvalue weighted by Crippen LogP contribution is 2.37. The summed E-state index contributed by atoms with van der Waals surface area (Å²) in [7, 11) is 5.77. The molecule has 1 N–H and O–H groups in total. The van der Waals surface area contributed by atoms with E-state index in [4.69, 9.17) is 4.74 Å². The van der Waals surface area contributed by atoms with Gasteiger partial charge in [-0.05, 0) is 51.1 Å². The third-order valence-corrected chi connectivity index (χ3v) is 4.02. The SMILES string of the molecule is COc1ccc(C(CN(C)C)C2(O)C=CCCC2)cc1. The predicted octanol–water partition coefficient (Wildman–Crippen LogP) is 2.81. The Morgan fingerprint density at radius 2 is 2.00 bits per heavy atom. The number of hydrogen-bond acceptors (Lipinski definition) is 3. The van der Waals surface area contributed by atoms with Gasteiger partial charge in [-0.1, -0.05) is 24.3 Å². The molecule has 1 aliphatic rings. The lowest BCUT2D eigenvalue weighted by molar-refractivity contribution is 0.0363. The fourth-order valence-corrected chi connectivity index (χ4v) is 2.92. The molecule has 0 saturated carbocycles. The van der Waals surface area contributed by atoms with E-state index >= 15 is 0 Å². The first-order chi connectivity index (χ1) is 9.55. The van der Waals surface area contributed by atoms with Crippen molar-refractivity contribution >= 4 is 0 Å². The molecule has 1 aliphatic carbocycles. The molecule has 110 valence electrons. The van der Waals surface area contributed by atoms with Crippen molar-refractivity contribution in [2.45, 2.75) is 30.8 Å². The summed E-state index contributed by atoms with van der Waals surface area (Å²) in [6.07, 6.45) is 7.05. The van der Waals surface area contributed by atoms with Crippen molar-refractivity contribution in [1.29, 1.82) is 0 Å². The molecule has 1 aromatic rings. The van der Waals surface area contributed by atoms with Gasteiger partial charge in [-0.15, -0.1) is 0 Å². The van der Waals surface area contributed by atoms with Crippen LogP contribution in [0.15, 0.2) is 36.4 Å². The van der Waals surface area contributed by atoms with E-state index in [9.17, 15) is 5.11 Å². The summed E-state index contributed by atoms with van der Waals surface area (Å²) in [4.78, 5) is 2.13. The molecule has 2 unspecified atom stereocenters. The van der Waals surface area contributed by atoms with Crippen LogP contribution in [0, 0.1) is 0 Å². The van der Waals surface area contributed by atoms with Gasteiger partial charge in [-0.3, -0.25) is 0 Å². The van der Waals surface area contributed by atoms with Crippen LogP contribution in [0.2, 0.25) is 0 Å². The molecular weight excluding hydrogens is 250 g/mol. The smallest absolute Gasteiger partial charge is 0.118 e. The second-order valence-corrected chi connectivity index (χ2v) is 5.87. The molecule has 20 heavy (non-hydrogen) atoms. The van der Waals surface area contributed by atoms with Crippen molar-refractivity contribution in [2.75, 3.05) is 27.7 Å². The number of likely N-dealkylation sites (N-methyl/N-ethyl adjacent to an activating group) is 1. The Morgan fingerprint density at radius 3 is 2.50 bits per heavy atom. The van der Waals surface area contributed by atoms with Gasteiger partial charge in [0.2, 0.25) is 0 Å². The summed E-state index contributed by atoms with van der Waals surface area (Å²) in [6.45, 7) is 0.827. The quantitative estimate of drug-likeness (QED) is 0.839. The first-order valence-electron chi connectivity index (χ1n) is 7.24. The predicted molar refractivity (Wildman–Crippen MR) is 82.2 cm³/mol. The maximum Gasteiger partial charge on any atom is 0.118 e. The molecule has 0 bridgehead atoms. The molecule has 0 saturated heterocycles. The lowest BCUT2D eigenvalue weighted by Gasteiger charge is -2.37. The van der Waals surface area contributed by atoms with E-state index in [2.05, 4.69) is 23.1 Å². The fraction of sp³-hybridized carbons (Fsp3) is 0.529. The molecule has 0 amide bonds. The summed E-state index contributed by atoms with van der Waals surface area (Å²) in [6, 6.07) is 8.06. The average molecular weight is 275 g/mol. The number of benzene rings is 1. The molecule has 3 heteroatoms. The molecule has 0 radical (unpaired) electrons. The zero-order valence-electron chi connectivity index (χ0n) is 12.7. The number of methoxy groups -OCH3 is 1. The van der Waals surface area contributed by atoms with Gasteiger partial charge in [0.15, 0.2) is 0 Å². The average Bonchev–Trinajstić information content (AvgIpc) is 2.45. The minimum atomic E-state index is -0.739. The number of nitrogens with zero attached hydrogens (tertiary/aromatic N) is 1. The van der Waals surface area contributed by atoms with Gasteiger partial charge >= 0.3 is 0 Å². The van der Waals surface area contributed by atoms with E-state index in [1.165, 1.54) is 0 Å². The maximum absolute atomic E-state index is 11.0. The highest BCUT2D eigenvalue weighted by molar-refractivity contribution is 5.33. The number of hydrogen-bond donors (Lipinski definition) is 1. The van der Waals surface area contributed by atoms with Gasteiger partial charge in [0.25, 0.3) is 0 Å². The zero-order chi connectivity index (χ0) is 14.6. The Hall–Kier alpha value is -1.32. The summed E-state index contributed by atoms with van der Waals surface area (Å²) < 4.78 is 5.21. The summed E-state index contributed by atoms with van der Waals surface area (Å²) >= 11 is 0. The first kappa shape index (κ1) is 15.1. The molecule has 3 nitrogen and oxygen atoms in total. The van der Waals surface area contributed by atoms with Crippen LogP contribution in [0.5, 0.6) is 5.75 Å². The van der Waals surface area contributed by atoms with Crippen molar-refractivity contribution in [2.24, 2.45) is 0 Å². The van der Waals surface area contributed by atoms with Crippen LogP contribution in [0.3, 0.4) is 0 Å². The van der Waals surface area contributed by atoms with Crippen LogP contribution in [0.25, 0.3) is 0 Å². The molecule has 2 rings (SSSR count). The molecule has 0 fully saturated rings. The number of aliphatic hydroxyl groups is 1. The van der Waals surface area contributed by atoms with E-state index in [0.717, 1.165) is 37.1 Å². The van der Waals surface area contributed by atoms with Gasteiger partial charge in [-0.25, -0.2) is 0 Å². The Balaban J connectivity index is 2.30. The van der Waals surface area contributed by atoms with Crippen molar-refractivity contribution in [3.05, 3.63) is 42.0 Å².